The molecule has 3 N–H and O–H groups in total. The number of rotatable bonds is 8. The van der Waals surface area contributed by atoms with Crippen molar-refractivity contribution in [3.8, 4) is 0 Å². The second-order valence-corrected chi connectivity index (χ2v) is 10.1. The molecule has 0 bridgehead atoms. The van der Waals surface area contributed by atoms with Crippen molar-refractivity contribution in [2.45, 2.75) is 50.0 Å². The predicted octanol–water partition coefficient (Wildman–Crippen LogP) is 4.34. The fourth-order valence-corrected chi connectivity index (χ4v) is 5.20. The number of hydrogen-bond acceptors (Lipinski definition) is 4. The molecular formula is C23H27ClF3N3O2S. The minimum atomic E-state index is -4.60. The number of halogens is 4. The van der Waals surface area contributed by atoms with Crippen LogP contribution in [-0.4, -0.2) is 40.2 Å². The van der Waals surface area contributed by atoms with Crippen molar-refractivity contribution >= 4 is 28.7 Å². The molecule has 0 aliphatic carbocycles. The van der Waals surface area contributed by atoms with Crippen LogP contribution >= 0.6 is 11.6 Å². The van der Waals surface area contributed by atoms with Crippen LogP contribution in [0.2, 0.25) is 5.02 Å². The van der Waals surface area contributed by atoms with Gasteiger partial charge in [0.25, 0.3) is 5.91 Å². The average Bonchev–Trinajstić information content (AvgIpc) is 3.23. The van der Waals surface area contributed by atoms with Gasteiger partial charge in [0.05, 0.1) is 5.56 Å². The molecule has 3 rings (SSSR count). The molecule has 2 aromatic rings. The Morgan fingerprint density at radius 3 is 2.70 bits per heavy atom. The molecule has 2 aromatic carbocycles. The fraction of sp³-hybridized carbons (Fsp3) is 0.435. The first-order valence-corrected chi connectivity index (χ1v) is 12.4. The summed E-state index contributed by atoms with van der Waals surface area (Å²) in [5.41, 5.74) is 5.51. The summed E-state index contributed by atoms with van der Waals surface area (Å²) in [6.45, 7) is 2.99. The number of amides is 1. The quantitative estimate of drug-likeness (QED) is 0.527. The summed E-state index contributed by atoms with van der Waals surface area (Å²) in [5, 5.41) is 3.04. The number of hydrogen-bond donors (Lipinski definition) is 2. The lowest BCUT2D eigenvalue weighted by Crippen LogP contribution is -2.35. The molecule has 1 aliphatic heterocycles. The first-order chi connectivity index (χ1) is 15.6. The lowest BCUT2D eigenvalue weighted by Gasteiger charge is -2.25. The predicted molar refractivity (Wildman–Crippen MR) is 124 cm³/mol. The largest absolute Gasteiger partial charge is 0.611 e. The molecule has 0 saturated carbocycles. The maximum atomic E-state index is 13.8. The molecule has 0 spiro atoms. The number of nitrogens with one attached hydrogen (secondary N) is 1. The van der Waals surface area contributed by atoms with Gasteiger partial charge in [-0.1, -0.05) is 17.7 Å². The van der Waals surface area contributed by atoms with Gasteiger partial charge in [0.1, 0.15) is 5.75 Å². The SMILES string of the molecule is CC[S+]([O-])c1ccc(Cl)cc1CNC(=O)c1ccc(CN2CCC[C@H]2CN)c(C(F)(F)F)c1. The lowest BCUT2D eigenvalue weighted by molar-refractivity contribution is -0.138. The van der Waals surface area contributed by atoms with E-state index in [1.165, 1.54) is 12.1 Å². The van der Waals surface area contributed by atoms with Gasteiger partial charge in [0.15, 0.2) is 4.90 Å². The second kappa shape index (κ2) is 11.1. The molecule has 1 amide bonds. The number of alkyl halides is 3. The number of carbonyl (C=O) groups excluding carboxylic acids is 1. The molecule has 0 radical (unpaired) electrons. The number of nitrogens with two attached hydrogens (primary N) is 1. The monoisotopic (exact) mass is 501 g/mol. The summed E-state index contributed by atoms with van der Waals surface area (Å²) in [5.74, 6) is -0.262. The molecule has 10 heteroatoms. The third kappa shape index (κ3) is 6.42. The molecule has 5 nitrogen and oxygen atoms in total. The fourth-order valence-electron chi connectivity index (χ4n) is 4.05. The van der Waals surface area contributed by atoms with Crippen LogP contribution in [-0.2, 0) is 30.4 Å². The first kappa shape index (κ1) is 25.8. The molecule has 1 fully saturated rings. The van der Waals surface area contributed by atoms with Crippen LogP contribution in [0, 0.1) is 0 Å². The maximum absolute atomic E-state index is 13.8. The average molecular weight is 502 g/mol. The van der Waals surface area contributed by atoms with E-state index in [1.54, 1.807) is 25.1 Å². The summed E-state index contributed by atoms with van der Waals surface area (Å²) < 4.78 is 53.7. The van der Waals surface area contributed by atoms with Crippen molar-refractivity contribution in [1.29, 1.82) is 0 Å². The van der Waals surface area contributed by atoms with E-state index in [-0.39, 0.29) is 30.3 Å². The molecule has 1 unspecified atom stereocenters. The van der Waals surface area contributed by atoms with Gasteiger partial charge in [0, 0.05) is 41.8 Å². The van der Waals surface area contributed by atoms with E-state index in [0.29, 0.717) is 34.3 Å². The van der Waals surface area contributed by atoms with Crippen LogP contribution in [0.25, 0.3) is 0 Å². The summed E-state index contributed by atoms with van der Waals surface area (Å²) in [7, 11) is 0. The first-order valence-electron chi connectivity index (χ1n) is 10.7. The van der Waals surface area contributed by atoms with E-state index in [1.807, 2.05) is 4.90 Å². The van der Waals surface area contributed by atoms with Crippen molar-refractivity contribution in [2.75, 3.05) is 18.8 Å². The Morgan fingerprint density at radius 1 is 1.27 bits per heavy atom. The molecule has 33 heavy (non-hydrogen) atoms. The van der Waals surface area contributed by atoms with E-state index in [4.69, 9.17) is 17.3 Å². The number of likely N-dealkylation sites (tertiary alicyclic amines) is 1. The Bertz CT molecular complexity index is 990. The van der Waals surface area contributed by atoms with Crippen molar-refractivity contribution in [3.63, 3.8) is 0 Å². The lowest BCUT2D eigenvalue weighted by atomic mass is 10.0. The molecule has 180 valence electrons. The van der Waals surface area contributed by atoms with E-state index in [2.05, 4.69) is 5.32 Å². The van der Waals surface area contributed by atoms with Gasteiger partial charge in [-0.05, 0) is 73.4 Å². The van der Waals surface area contributed by atoms with Gasteiger partial charge in [-0.25, -0.2) is 0 Å². The molecular weight excluding hydrogens is 475 g/mol. The highest BCUT2D eigenvalue weighted by molar-refractivity contribution is 7.91. The van der Waals surface area contributed by atoms with Gasteiger partial charge in [-0.2, -0.15) is 13.2 Å². The standard InChI is InChI=1S/C23H27ClF3N3O2S/c1-2-33(32)21-8-7-18(24)10-17(21)13-29-22(31)15-5-6-16(20(11-15)23(25,26)27)14-30-9-3-4-19(30)12-28/h5-8,10-11,19H,2-4,9,12-14,28H2,1H3,(H,29,31)/t19-,33?/m0/s1. The smallest absolute Gasteiger partial charge is 0.416 e. The van der Waals surface area contributed by atoms with Crippen LogP contribution in [0.5, 0.6) is 0 Å². The summed E-state index contributed by atoms with van der Waals surface area (Å²) in [4.78, 5) is 15.2. The van der Waals surface area contributed by atoms with E-state index in [0.717, 1.165) is 18.9 Å². The molecule has 0 aromatic heterocycles. The normalized spacial score (nSPS) is 17.8. The number of carbonyl (C=O) groups is 1. The Balaban J connectivity index is 1.79. The highest BCUT2D eigenvalue weighted by Crippen LogP contribution is 2.34. The van der Waals surface area contributed by atoms with Gasteiger partial charge in [-0.3, -0.25) is 9.69 Å². The summed E-state index contributed by atoms with van der Waals surface area (Å²) in [6, 6.07) is 8.55. The zero-order chi connectivity index (χ0) is 24.2. The van der Waals surface area contributed by atoms with Crippen LogP contribution in [0.3, 0.4) is 0 Å². The molecule has 2 atom stereocenters. The maximum Gasteiger partial charge on any atom is 0.416 e. The van der Waals surface area contributed by atoms with Crippen LogP contribution in [0.15, 0.2) is 41.3 Å². The number of benzene rings is 2. The second-order valence-electron chi connectivity index (χ2n) is 7.94. The third-order valence-electron chi connectivity index (χ3n) is 5.79. The van der Waals surface area contributed by atoms with E-state index < -0.39 is 28.8 Å². The summed E-state index contributed by atoms with van der Waals surface area (Å²) in [6.07, 6.45) is -2.83. The van der Waals surface area contributed by atoms with Gasteiger partial charge in [0.2, 0.25) is 0 Å². The van der Waals surface area contributed by atoms with Crippen LogP contribution < -0.4 is 11.1 Å². The topological polar surface area (TPSA) is 81.4 Å². The van der Waals surface area contributed by atoms with Gasteiger partial charge >= 0.3 is 6.18 Å². The zero-order valence-electron chi connectivity index (χ0n) is 18.3. The third-order valence-corrected chi connectivity index (χ3v) is 7.44. The van der Waals surface area contributed by atoms with Crippen molar-refractivity contribution in [1.82, 2.24) is 10.2 Å². The Labute approximate surface area is 199 Å². The van der Waals surface area contributed by atoms with Crippen LogP contribution in [0.1, 0.15) is 46.8 Å². The summed E-state index contributed by atoms with van der Waals surface area (Å²) >= 11 is 4.76. The highest BCUT2D eigenvalue weighted by atomic mass is 35.5. The van der Waals surface area contributed by atoms with Crippen LogP contribution in [0.4, 0.5) is 13.2 Å². The van der Waals surface area contributed by atoms with Crippen molar-refractivity contribution < 1.29 is 22.5 Å². The highest BCUT2D eigenvalue weighted by Gasteiger charge is 2.35. The molecule has 1 saturated heterocycles. The van der Waals surface area contributed by atoms with Crippen molar-refractivity contribution in [3.05, 3.63) is 63.7 Å². The zero-order valence-corrected chi connectivity index (χ0v) is 19.8. The van der Waals surface area contributed by atoms with E-state index >= 15 is 0 Å². The minimum absolute atomic E-state index is 0.00444. The Kier molecular flexibility index (Phi) is 8.69. The van der Waals surface area contributed by atoms with Gasteiger partial charge < -0.3 is 15.6 Å². The van der Waals surface area contributed by atoms with E-state index in [9.17, 15) is 22.5 Å². The Hall–Kier alpha value is -1.78. The minimum Gasteiger partial charge on any atom is -0.611 e. The molecule has 1 aliphatic rings. The number of nitrogens with zero attached hydrogens (tertiary/aromatic N) is 1. The van der Waals surface area contributed by atoms with Gasteiger partial charge in [-0.15, -0.1) is 0 Å². The van der Waals surface area contributed by atoms with Crippen molar-refractivity contribution in [2.24, 2.45) is 5.73 Å². The molecule has 1 heterocycles. The Morgan fingerprint density at radius 2 is 2.03 bits per heavy atom.